The highest BCUT2D eigenvalue weighted by Crippen LogP contribution is 2.28. The van der Waals surface area contributed by atoms with Gasteiger partial charge in [-0.15, -0.1) is 0 Å². The number of hydrogen-bond donors (Lipinski definition) is 2. The third-order valence-electron chi connectivity index (χ3n) is 1.89. The largest absolute Gasteiger partial charge is 0.488 e. The molecule has 2 N–H and O–H groups in total. The lowest BCUT2D eigenvalue weighted by molar-refractivity contribution is 0.417. The molecule has 60 valence electrons. The molecule has 0 heterocycles. The molecule has 0 aliphatic heterocycles. The Morgan fingerprint density at radius 3 is 2.45 bits per heavy atom. The van der Waals surface area contributed by atoms with Crippen molar-refractivity contribution in [2.24, 2.45) is 5.41 Å². The van der Waals surface area contributed by atoms with E-state index in [1.54, 1.807) is 6.08 Å². The van der Waals surface area contributed by atoms with Crippen molar-refractivity contribution < 1.29 is 10.0 Å². The average molecular weight is 152 g/mol. The molecule has 0 saturated heterocycles. The van der Waals surface area contributed by atoms with Crippen molar-refractivity contribution in [3.63, 3.8) is 0 Å². The Morgan fingerprint density at radius 2 is 2.09 bits per heavy atom. The minimum atomic E-state index is -1.32. The van der Waals surface area contributed by atoms with Gasteiger partial charge in [-0.1, -0.05) is 32.1 Å². The molecule has 0 saturated carbocycles. The lowest BCUT2D eigenvalue weighted by Crippen LogP contribution is -2.18. The Hall–Kier alpha value is -0.535. The van der Waals surface area contributed by atoms with Gasteiger partial charge in [-0.2, -0.15) is 0 Å². The van der Waals surface area contributed by atoms with E-state index in [1.807, 2.05) is 12.2 Å². The Kier molecular flexibility index (Phi) is 2.21. The third kappa shape index (κ3) is 2.21. The highest BCUT2D eigenvalue weighted by atomic mass is 16.4. The van der Waals surface area contributed by atoms with Gasteiger partial charge in [-0.3, -0.25) is 0 Å². The van der Waals surface area contributed by atoms with Crippen molar-refractivity contribution >= 4 is 7.12 Å². The summed E-state index contributed by atoms with van der Waals surface area (Å²) in [5.41, 5.74) is 0.766. The molecule has 1 aliphatic carbocycles. The van der Waals surface area contributed by atoms with E-state index in [4.69, 9.17) is 10.0 Å². The maximum Gasteiger partial charge on any atom is 0.488 e. The number of hydrogen-bond acceptors (Lipinski definition) is 2. The maximum atomic E-state index is 8.78. The van der Waals surface area contributed by atoms with Gasteiger partial charge in [0, 0.05) is 0 Å². The maximum absolute atomic E-state index is 8.78. The van der Waals surface area contributed by atoms with Gasteiger partial charge in [0.05, 0.1) is 0 Å². The summed E-state index contributed by atoms with van der Waals surface area (Å²) in [5.74, 6) is 0. The zero-order valence-electron chi connectivity index (χ0n) is 6.91. The van der Waals surface area contributed by atoms with Crippen LogP contribution >= 0.6 is 0 Å². The Balaban J connectivity index is 2.68. The molecule has 3 heteroatoms. The lowest BCUT2D eigenvalue weighted by atomic mass is 9.72. The fourth-order valence-electron chi connectivity index (χ4n) is 1.03. The minimum absolute atomic E-state index is 0.165. The summed E-state index contributed by atoms with van der Waals surface area (Å²) in [6.45, 7) is 4.22. The summed E-state index contributed by atoms with van der Waals surface area (Å²) in [5, 5.41) is 17.6. The van der Waals surface area contributed by atoms with Crippen LogP contribution in [0.1, 0.15) is 20.3 Å². The molecule has 2 nitrogen and oxygen atoms in total. The van der Waals surface area contributed by atoms with Crippen LogP contribution in [0.25, 0.3) is 0 Å². The van der Waals surface area contributed by atoms with Gasteiger partial charge in [0.2, 0.25) is 0 Å². The fourth-order valence-corrected chi connectivity index (χ4v) is 1.03. The van der Waals surface area contributed by atoms with E-state index in [1.165, 1.54) is 0 Å². The van der Waals surface area contributed by atoms with E-state index in [-0.39, 0.29) is 5.41 Å². The normalized spacial score (nSPS) is 21.3. The monoisotopic (exact) mass is 152 g/mol. The first-order valence-corrected chi connectivity index (χ1v) is 3.77. The van der Waals surface area contributed by atoms with Crippen molar-refractivity contribution in [2.75, 3.05) is 0 Å². The molecule has 0 atom stereocenters. The summed E-state index contributed by atoms with van der Waals surface area (Å²) in [4.78, 5) is 0. The fraction of sp³-hybridized carbons (Fsp3) is 0.500. The standard InChI is InChI=1S/C8H13BO2/c1-8(2)5-3-7(4-6-8)9(10)11/h3-5,10-11H,6H2,1-2H3. The summed E-state index contributed by atoms with van der Waals surface area (Å²) in [6.07, 6.45) is 6.51. The molecular weight excluding hydrogens is 139 g/mol. The summed E-state index contributed by atoms with van der Waals surface area (Å²) < 4.78 is 0. The second-order valence-electron chi connectivity index (χ2n) is 3.60. The molecular formula is C8H13BO2. The molecule has 0 amide bonds. The molecule has 1 rings (SSSR count). The molecule has 11 heavy (non-hydrogen) atoms. The van der Waals surface area contributed by atoms with E-state index in [2.05, 4.69) is 13.8 Å². The van der Waals surface area contributed by atoms with Gasteiger partial charge in [0.25, 0.3) is 0 Å². The topological polar surface area (TPSA) is 40.5 Å². The first-order chi connectivity index (χ1) is 5.01. The van der Waals surface area contributed by atoms with E-state index < -0.39 is 7.12 Å². The van der Waals surface area contributed by atoms with Crippen LogP contribution in [-0.2, 0) is 0 Å². The molecule has 0 spiro atoms. The SMILES string of the molecule is CC1(C)C=CC(B(O)O)=CC1. The van der Waals surface area contributed by atoms with Gasteiger partial charge < -0.3 is 10.0 Å². The second kappa shape index (κ2) is 2.84. The van der Waals surface area contributed by atoms with Gasteiger partial charge in [0.1, 0.15) is 0 Å². The van der Waals surface area contributed by atoms with Gasteiger partial charge >= 0.3 is 7.12 Å². The summed E-state index contributed by atoms with van der Waals surface area (Å²) >= 11 is 0. The molecule has 0 unspecified atom stereocenters. The van der Waals surface area contributed by atoms with E-state index >= 15 is 0 Å². The molecule has 0 fully saturated rings. The average Bonchev–Trinajstić information content (AvgIpc) is 1.86. The number of allylic oxidation sites excluding steroid dienone is 4. The zero-order valence-corrected chi connectivity index (χ0v) is 6.91. The third-order valence-corrected chi connectivity index (χ3v) is 1.89. The molecule has 0 bridgehead atoms. The van der Waals surface area contributed by atoms with Crippen LogP contribution < -0.4 is 0 Å². The highest BCUT2D eigenvalue weighted by molar-refractivity contribution is 6.51. The highest BCUT2D eigenvalue weighted by Gasteiger charge is 2.20. The predicted octanol–water partition coefficient (Wildman–Crippen LogP) is 0.911. The van der Waals surface area contributed by atoms with Crippen LogP contribution in [0.2, 0.25) is 0 Å². The Bertz CT molecular complexity index is 204. The quantitative estimate of drug-likeness (QED) is 0.548. The van der Waals surface area contributed by atoms with Crippen molar-refractivity contribution in [1.29, 1.82) is 0 Å². The molecule has 0 aromatic rings. The van der Waals surface area contributed by atoms with Crippen LogP contribution in [0.15, 0.2) is 23.7 Å². The number of rotatable bonds is 1. The predicted molar refractivity (Wildman–Crippen MR) is 45.8 cm³/mol. The van der Waals surface area contributed by atoms with Crippen LogP contribution in [-0.4, -0.2) is 17.2 Å². The van der Waals surface area contributed by atoms with Crippen molar-refractivity contribution in [1.82, 2.24) is 0 Å². The summed E-state index contributed by atoms with van der Waals surface area (Å²) in [7, 11) is -1.32. The Morgan fingerprint density at radius 1 is 1.45 bits per heavy atom. The van der Waals surface area contributed by atoms with E-state index in [0.717, 1.165) is 6.42 Å². The van der Waals surface area contributed by atoms with Crippen LogP contribution in [0.3, 0.4) is 0 Å². The van der Waals surface area contributed by atoms with Crippen molar-refractivity contribution in [3.8, 4) is 0 Å². The van der Waals surface area contributed by atoms with Crippen LogP contribution in [0, 0.1) is 5.41 Å². The zero-order chi connectivity index (χ0) is 8.48. The lowest BCUT2D eigenvalue weighted by Gasteiger charge is -2.22. The molecule has 0 aromatic carbocycles. The van der Waals surface area contributed by atoms with E-state index in [0.29, 0.717) is 5.47 Å². The van der Waals surface area contributed by atoms with Crippen LogP contribution in [0.4, 0.5) is 0 Å². The van der Waals surface area contributed by atoms with E-state index in [9.17, 15) is 0 Å². The minimum Gasteiger partial charge on any atom is -0.423 e. The van der Waals surface area contributed by atoms with Crippen molar-refractivity contribution in [2.45, 2.75) is 20.3 Å². The smallest absolute Gasteiger partial charge is 0.423 e. The molecule has 1 aliphatic rings. The Labute approximate surface area is 67.4 Å². The van der Waals surface area contributed by atoms with Crippen molar-refractivity contribution in [3.05, 3.63) is 23.7 Å². The van der Waals surface area contributed by atoms with Crippen LogP contribution in [0.5, 0.6) is 0 Å². The van der Waals surface area contributed by atoms with Gasteiger partial charge in [-0.25, -0.2) is 0 Å². The first-order valence-electron chi connectivity index (χ1n) is 3.77. The molecule has 0 aromatic heterocycles. The summed E-state index contributed by atoms with van der Waals surface area (Å²) in [6, 6.07) is 0. The first kappa shape index (κ1) is 8.56. The second-order valence-corrected chi connectivity index (χ2v) is 3.60. The van der Waals surface area contributed by atoms with Gasteiger partial charge in [-0.05, 0) is 17.3 Å². The molecule has 0 radical (unpaired) electrons. The van der Waals surface area contributed by atoms with Gasteiger partial charge in [0.15, 0.2) is 0 Å².